The molecule has 0 atom stereocenters. The first-order chi connectivity index (χ1) is 7.86. The van der Waals surface area contributed by atoms with Gasteiger partial charge in [-0.25, -0.2) is 4.68 Å². The van der Waals surface area contributed by atoms with Gasteiger partial charge < -0.3 is 5.32 Å². The Kier molecular flexibility index (Phi) is 4.26. The van der Waals surface area contributed by atoms with E-state index in [1.807, 2.05) is 27.7 Å². The number of hydrogen-bond acceptors (Lipinski definition) is 2. The van der Waals surface area contributed by atoms with Crippen LogP contribution in [0.2, 0.25) is 0 Å². The molecule has 0 aromatic carbocycles. The van der Waals surface area contributed by atoms with Gasteiger partial charge in [-0.1, -0.05) is 27.7 Å². The van der Waals surface area contributed by atoms with Crippen LogP contribution in [0.15, 0.2) is 6.20 Å². The molecule has 1 heterocycles. The third-order valence-corrected chi connectivity index (χ3v) is 2.40. The van der Waals surface area contributed by atoms with Gasteiger partial charge in [0.2, 0.25) is 11.9 Å². The molecule has 0 spiro atoms. The lowest BCUT2D eigenvalue weighted by molar-refractivity contribution is -0.128. The minimum Gasteiger partial charge on any atom is -0.351 e. The van der Waals surface area contributed by atoms with Crippen LogP contribution in [-0.4, -0.2) is 15.7 Å². The van der Waals surface area contributed by atoms with Crippen LogP contribution >= 0.6 is 0 Å². The molecule has 17 heavy (non-hydrogen) atoms. The molecule has 0 radical (unpaired) electrons. The number of halogens is 1. The smallest absolute Gasteiger partial charge is 0.225 e. The lowest BCUT2D eigenvalue weighted by atomic mass is 9.96. The van der Waals surface area contributed by atoms with Crippen molar-refractivity contribution in [1.82, 2.24) is 15.1 Å². The molecule has 0 saturated heterocycles. The molecule has 0 fully saturated rings. The third kappa shape index (κ3) is 3.54. The van der Waals surface area contributed by atoms with Crippen LogP contribution in [0.5, 0.6) is 0 Å². The molecule has 0 saturated carbocycles. The highest BCUT2D eigenvalue weighted by Crippen LogP contribution is 2.13. The maximum absolute atomic E-state index is 13.7. The van der Waals surface area contributed by atoms with E-state index < -0.39 is 5.41 Å². The second-order valence-corrected chi connectivity index (χ2v) is 5.12. The van der Waals surface area contributed by atoms with Crippen molar-refractivity contribution < 1.29 is 9.18 Å². The van der Waals surface area contributed by atoms with Crippen molar-refractivity contribution in [3.8, 4) is 0 Å². The number of aromatic nitrogens is 2. The Morgan fingerprint density at radius 1 is 1.53 bits per heavy atom. The highest BCUT2D eigenvalue weighted by Gasteiger charge is 2.21. The SMILES string of the molecule is CCCn1ncc(CNC(=O)C(C)(C)C)c1F. The van der Waals surface area contributed by atoms with E-state index in [0.29, 0.717) is 12.1 Å². The van der Waals surface area contributed by atoms with Gasteiger partial charge in [0.05, 0.1) is 6.20 Å². The Morgan fingerprint density at radius 2 is 2.18 bits per heavy atom. The number of carbonyl (C=O) groups excluding carboxylic acids is 1. The van der Waals surface area contributed by atoms with Gasteiger partial charge in [0.1, 0.15) is 0 Å². The van der Waals surface area contributed by atoms with E-state index in [4.69, 9.17) is 0 Å². The molecule has 0 aliphatic carbocycles. The van der Waals surface area contributed by atoms with Crippen LogP contribution in [0.3, 0.4) is 0 Å². The lowest BCUT2D eigenvalue weighted by Crippen LogP contribution is -2.34. The van der Waals surface area contributed by atoms with E-state index in [1.165, 1.54) is 10.9 Å². The highest BCUT2D eigenvalue weighted by atomic mass is 19.1. The van der Waals surface area contributed by atoms with Gasteiger partial charge in [0, 0.05) is 24.1 Å². The van der Waals surface area contributed by atoms with Gasteiger partial charge in [0.15, 0.2) is 0 Å². The zero-order valence-corrected chi connectivity index (χ0v) is 10.9. The average molecular weight is 241 g/mol. The highest BCUT2D eigenvalue weighted by molar-refractivity contribution is 5.81. The van der Waals surface area contributed by atoms with Gasteiger partial charge in [0.25, 0.3) is 0 Å². The second-order valence-electron chi connectivity index (χ2n) is 5.12. The monoisotopic (exact) mass is 241 g/mol. The molecule has 1 aromatic heterocycles. The molecule has 96 valence electrons. The molecule has 0 aliphatic rings. The standard InChI is InChI=1S/C12H20FN3O/c1-5-6-16-10(13)9(8-15-16)7-14-11(17)12(2,3)4/h8H,5-7H2,1-4H3,(H,14,17). The van der Waals surface area contributed by atoms with Gasteiger partial charge in [-0.15, -0.1) is 0 Å². The summed E-state index contributed by atoms with van der Waals surface area (Å²) < 4.78 is 15.0. The topological polar surface area (TPSA) is 46.9 Å². The molecule has 0 bridgehead atoms. The summed E-state index contributed by atoms with van der Waals surface area (Å²) in [5.74, 6) is -0.457. The number of aryl methyl sites for hydroxylation is 1. The molecular formula is C12H20FN3O. The van der Waals surface area contributed by atoms with Crippen LogP contribution in [0, 0.1) is 11.4 Å². The first-order valence-corrected chi connectivity index (χ1v) is 5.84. The second kappa shape index (κ2) is 5.29. The largest absolute Gasteiger partial charge is 0.351 e. The van der Waals surface area contributed by atoms with Crippen molar-refractivity contribution in [1.29, 1.82) is 0 Å². The minimum absolute atomic E-state index is 0.0971. The summed E-state index contributed by atoms with van der Waals surface area (Å²) in [5.41, 5.74) is -0.0355. The van der Waals surface area contributed by atoms with E-state index in [2.05, 4.69) is 10.4 Å². The van der Waals surface area contributed by atoms with Gasteiger partial charge >= 0.3 is 0 Å². The maximum atomic E-state index is 13.7. The normalized spacial score (nSPS) is 11.6. The third-order valence-electron chi connectivity index (χ3n) is 2.40. The fourth-order valence-electron chi connectivity index (χ4n) is 1.34. The van der Waals surface area contributed by atoms with Crippen LogP contribution in [0.4, 0.5) is 4.39 Å². The van der Waals surface area contributed by atoms with Crippen molar-refractivity contribution >= 4 is 5.91 Å². The van der Waals surface area contributed by atoms with Gasteiger partial charge in [-0.3, -0.25) is 4.79 Å². The summed E-state index contributed by atoms with van der Waals surface area (Å²) in [6.07, 6.45) is 2.29. The zero-order valence-electron chi connectivity index (χ0n) is 10.9. The fourth-order valence-corrected chi connectivity index (χ4v) is 1.34. The van der Waals surface area contributed by atoms with E-state index in [-0.39, 0.29) is 18.4 Å². The lowest BCUT2D eigenvalue weighted by Gasteiger charge is -2.17. The Labute approximate surface area is 101 Å². The molecule has 1 N–H and O–H groups in total. The summed E-state index contributed by atoms with van der Waals surface area (Å²) in [4.78, 5) is 11.6. The molecule has 4 nitrogen and oxygen atoms in total. The number of nitrogens with zero attached hydrogens (tertiary/aromatic N) is 2. The average Bonchev–Trinajstić information content (AvgIpc) is 2.56. The van der Waals surface area contributed by atoms with Crippen molar-refractivity contribution in [2.45, 2.75) is 47.2 Å². The van der Waals surface area contributed by atoms with E-state index in [0.717, 1.165) is 6.42 Å². The molecular weight excluding hydrogens is 221 g/mol. The molecule has 1 aromatic rings. The molecule has 1 amide bonds. The fraction of sp³-hybridized carbons (Fsp3) is 0.667. The van der Waals surface area contributed by atoms with Crippen LogP contribution in [-0.2, 0) is 17.9 Å². The quantitative estimate of drug-likeness (QED) is 0.877. The number of nitrogens with one attached hydrogen (secondary N) is 1. The van der Waals surface area contributed by atoms with E-state index in [9.17, 15) is 9.18 Å². The van der Waals surface area contributed by atoms with E-state index in [1.54, 1.807) is 0 Å². The molecule has 0 unspecified atom stereocenters. The maximum Gasteiger partial charge on any atom is 0.225 e. The number of carbonyl (C=O) groups is 1. The Balaban J connectivity index is 2.61. The van der Waals surface area contributed by atoms with Gasteiger partial charge in [-0.05, 0) is 6.42 Å². The number of rotatable bonds is 4. The van der Waals surface area contributed by atoms with Crippen molar-refractivity contribution in [3.05, 3.63) is 17.7 Å². The van der Waals surface area contributed by atoms with Crippen LogP contribution in [0.25, 0.3) is 0 Å². The predicted octanol–water partition coefficient (Wildman–Crippen LogP) is 2.09. The van der Waals surface area contributed by atoms with Crippen molar-refractivity contribution in [2.24, 2.45) is 5.41 Å². The summed E-state index contributed by atoms with van der Waals surface area (Å²) in [7, 11) is 0. The first kappa shape index (κ1) is 13.7. The minimum atomic E-state index is -0.462. The van der Waals surface area contributed by atoms with Crippen LogP contribution in [0.1, 0.15) is 39.7 Å². The Hall–Kier alpha value is -1.39. The molecule has 1 rings (SSSR count). The summed E-state index contributed by atoms with van der Waals surface area (Å²) in [6.45, 7) is 8.16. The first-order valence-electron chi connectivity index (χ1n) is 5.84. The summed E-state index contributed by atoms with van der Waals surface area (Å²) >= 11 is 0. The summed E-state index contributed by atoms with van der Waals surface area (Å²) in [5, 5.41) is 6.64. The van der Waals surface area contributed by atoms with Gasteiger partial charge in [-0.2, -0.15) is 9.49 Å². The summed E-state index contributed by atoms with van der Waals surface area (Å²) in [6, 6.07) is 0. The van der Waals surface area contributed by atoms with Crippen LogP contribution < -0.4 is 5.32 Å². The van der Waals surface area contributed by atoms with E-state index >= 15 is 0 Å². The zero-order chi connectivity index (χ0) is 13.1. The van der Waals surface area contributed by atoms with Crippen molar-refractivity contribution in [3.63, 3.8) is 0 Å². The predicted molar refractivity (Wildman–Crippen MR) is 63.8 cm³/mol. The Morgan fingerprint density at radius 3 is 2.71 bits per heavy atom. The molecule has 5 heteroatoms. The number of hydrogen-bond donors (Lipinski definition) is 1. The van der Waals surface area contributed by atoms with Crippen molar-refractivity contribution in [2.75, 3.05) is 0 Å². The Bertz CT molecular complexity index is 393. The number of amides is 1. The molecule has 0 aliphatic heterocycles.